The van der Waals surface area contributed by atoms with Gasteiger partial charge in [0.2, 0.25) is 0 Å². The van der Waals surface area contributed by atoms with E-state index in [1.165, 1.54) is 17.7 Å². The van der Waals surface area contributed by atoms with Crippen molar-refractivity contribution in [3.63, 3.8) is 0 Å². The van der Waals surface area contributed by atoms with Crippen LogP contribution in [0.2, 0.25) is 0 Å². The van der Waals surface area contributed by atoms with E-state index in [9.17, 15) is 8.78 Å². The number of hydrogen-bond acceptors (Lipinski definition) is 1. The smallest absolute Gasteiger partial charge is 0.285 e. The van der Waals surface area contributed by atoms with Gasteiger partial charge in [-0.2, -0.15) is 8.78 Å². The van der Waals surface area contributed by atoms with Crippen LogP contribution >= 0.6 is 0 Å². The van der Waals surface area contributed by atoms with Gasteiger partial charge in [0.25, 0.3) is 5.92 Å². The van der Waals surface area contributed by atoms with Gasteiger partial charge in [0.05, 0.1) is 6.54 Å². The van der Waals surface area contributed by atoms with Gasteiger partial charge in [0, 0.05) is 5.56 Å². The lowest BCUT2D eigenvalue weighted by atomic mass is 9.98. The molecule has 2 aromatic rings. The van der Waals surface area contributed by atoms with E-state index in [1.807, 2.05) is 18.2 Å². The van der Waals surface area contributed by atoms with Gasteiger partial charge in [-0.15, -0.1) is 0 Å². The number of benzene rings is 2. The van der Waals surface area contributed by atoms with Crippen molar-refractivity contribution in [2.45, 2.75) is 25.2 Å². The van der Waals surface area contributed by atoms with Crippen molar-refractivity contribution < 1.29 is 8.78 Å². The molecule has 0 bridgehead atoms. The van der Waals surface area contributed by atoms with Gasteiger partial charge in [-0.1, -0.05) is 67.6 Å². The monoisotopic (exact) mass is 289 g/mol. The lowest BCUT2D eigenvalue weighted by molar-refractivity contribution is -0.00306. The lowest BCUT2D eigenvalue weighted by Gasteiger charge is -2.18. The number of rotatable bonds is 7. The normalized spacial score (nSPS) is 13.1. The van der Waals surface area contributed by atoms with Gasteiger partial charge in [-0.3, -0.25) is 0 Å². The van der Waals surface area contributed by atoms with Crippen LogP contribution in [0.15, 0.2) is 60.7 Å². The van der Waals surface area contributed by atoms with E-state index in [4.69, 9.17) is 0 Å². The maximum atomic E-state index is 13.9. The zero-order valence-electron chi connectivity index (χ0n) is 12.2. The average molecular weight is 289 g/mol. The van der Waals surface area contributed by atoms with Gasteiger partial charge in [-0.25, -0.2) is 0 Å². The average Bonchev–Trinajstić information content (AvgIpc) is 2.53. The highest BCUT2D eigenvalue weighted by atomic mass is 19.3. The van der Waals surface area contributed by atoms with Crippen LogP contribution < -0.4 is 5.32 Å². The molecule has 0 heterocycles. The SMILES string of the molecule is CC(CCNCC(F)(F)c1ccccc1)c1ccccc1. The molecule has 0 aliphatic carbocycles. The first kappa shape index (κ1) is 15.6. The first-order chi connectivity index (χ1) is 10.1. The second kappa shape index (κ2) is 7.32. The summed E-state index contributed by atoms with van der Waals surface area (Å²) in [4.78, 5) is 0. The third kappa shape index (κ3) is 4.64. The van der Waals surface area contributed by atoms with Crippen molar-refractivity contribution in [3.8, 4) is 0 Å². The summed E-state index contributed by atoms with van der Waals surface area (Å²) in [6, 6.07) is 18.1. The summed E-state index contributed by atoms with van der Waals surface area (Å²) < 4.78 is 27.9. The van der Waals surface area contributed by atoms with Crippen molar-refractivity contribution in [1.29, 1.82) is 0 Å². The van der Waals surface area contributed by atoms with E-state index in [-0.39, 0.29) is 12.1 Å². The van der Waals surface area contributed by atoms with Crippen LogP contribution in [-0.4, -0.2) is 13.1 Å². The zero-order valence-corrected chi connectivity index (χ0v) is 12.2. The highest BCUT2D eigenvalue weighted by Crippen LogP contribution is 2.26. The van der Waals surface area contributed by atoms with Crippen LogP contribution in [-0.2, 0) is 5.92 Å². The van der Waals surface area contributed by atoms with Crippen LogP contribution in [0.5, 0.6) is 0 Å². The van der Waals surface area contributed by atoms with Crippen molar-refractivity contribution in [3.05, 3.63) is 71.8 Å². The van der Waals surface area contributed by atoms with Crippen LogP contribution in [0.4, 0.5) is 8.78 Å². The fourth-order valence-corrected chi connectivity index (χ4v) is 2.30. The fourth-order valence-electron chi connectivity index (χ4n) is 2.30. The van der Waals surface area contributed by atoms with Gasteiger partial charge >= 0.3 is 0 Å². The molecular formula is C18H21F2N. The Kier molecular flexibility index (Phi) is 5.45. The van der Waals surface area contributed by atoms with E-state index in [1.54, 1.807) is 18.2 Å². The molecule has 0 aliphatic rings. The van der Waals surface area contributed by atoms with E-state index in [2.05, 4.69) is 24.4 Å². The standard InChI is InChI=1S/C18H21F2N/c1-15(16-8-4-2-5-9-16)12-13-21-14-18(19,20)17-10-6-3-7-11-17/h2-11,15,21H,12-14H2,1H3. The minimum Gasteiger partial charge on any atom is -0.311 e. The number of halogens is 2. The summed E-state index contributed by atoms with van der Waals surface area (Å²) in [6.07, 6.45) is 0.842. The van der Waals surface area contributed by atoms with E-state index in [0.717, 1.165) is 6.42 Å². The van der Waals surface area contributed by atoms with E-state index >= 15 is 0 Å². The van der Waals surface area contributed by atoms with Crippen molar-refractivity contribution in [1.82, 2.24) is 5.32 Å². The molecule has 0 aliphatic heterocycles. The van der Waals surface area contributed by atoms with Crippen LogP contribution in [0.25, 0.3) is 0 Å². The summed E-state index contributed by atoms with van der Waals surface area (Å²) in [5.74, 6) is -2.46. The second-order valence-corrected chi connectivity index (χ2v) is 5.35. The molecule has 1 nitrogen and oxygen atoms in total. The van der Waals surface area contributed by atoms with Gasteiger partial charge in [0.1, 0.15) is 0 Å². The molecule has 2 aromatic carbocycles. The molecule has 3 heteroatoms. The third-order valence-electron chi connectivity index (χ3n) is 3.67. The number of hydrogen-bond donors (Lipinski definition) is 1. The summed E-state index contributed by atoms with van der Waals surface area (Å²) in [6.45, 7) is 2.38. The molecule has 0 aromatic heterocycles. The Morgan fingerprint density at radius 2 is 1.52 bits per heavy atom. The molecule has 1 N–H and O–H groups in total. The van der Waals surface area contributed by atoms with Gasteiger partial charge in [-0.05, 0) is 24.4 Å². The molecule has 0 amide bonds. The largest absolute Gasteiger partial charge is 0.311 e. The lowest BCUT2D eigenvalue weighted by Crippen LogP contribution is -2.31. The Labute approximate surface area is 125 Å². The second-order valence-electron chi connectivity index (χ2n) is 5.35. The summed E-state index contributed by atoms with van der Waals surface area (Å²) >= 11 is 0. The first-order valence-corrected chi connectivity index (χ1v) is 7.28. The van der Waals surface area contributed by atoms with Gasteiger partial charge in [0.15, 0.2) is 0 Å². The third-order valence-corrected chi connectivity index (χ3v) is 3.67. The molecule has 1 unspecified atom stereocenters. The van der Waals surface area contributed by atoms with Crippen LogP contribution in [0.3, 0.4) is 0 Å². The highest BCUT2D eigenvalue weighted by Gasteiger charge is 2.30. The molecule has 0 spiro atoms. The molecule has 2 rings (SSSR count). The Balaban J connectivity index is 1.77. The Morgan fingerprint density at radius 1 is 0.952 bits per heavy atom. The molecule has 0 radical (unpaired) electrons. The predicted octanol–water partition coefficient (Wildman–Crippen LogP) is 4.56. The summed E-state index contributed by atoms with van der Waals surface area (Å²) in [7, 11) is 0. The molecule has 1 atom stereocenters. The molecule has 0 saturated heterocycles. The number of alkyl halides is 2. The molecule has 21 heavy (non-hydrogen) atoms. The Hall–Kier alpha value is -1.74. The minimum absolute atomic E-state index is 0.0635. The van der Waals surface area contributed by atoms with Crippen molar-refractivity contribution in [2.75, 3.05) is 13.1 Å². The summed E-state index contributed by atoms with van der Waals surface area (Å²) in [5, 5.41) is 2.87. The summed E-state index contributed by atoms with van der Waals surface area (Å²) in [5.41, 5.74) is 1.31. The molecule has 0 saturated carbocycles. The van der Waals surface area contributed by atoms with E-state index < -0.39 is 5.92 Å². The molecule has 0 fully saturated rings. The molecule has 112 valence electrons. The topological polar surface area (TPSA) is 12.0 Å². The maximum Gasteiger partial charge on any atom is 0.285 e. The highest BCUT2D eigenvalue weighted by molar-refractivity contribution is 5.20. The fraction of sp³-hybridized carbons (Fsp3) is 0.333. The van der Waals surface area contributed by atoms with Crippen LogP contribution in [0, 0.1) is 0 Å². The Bertz CT molecular complexity index is 525. The van der Waals surface area contributed by atoms with Crippen molar-refractivity contribution in [2.24, 2.45) is 0 Å². The Morgan fingerprint density at radius 3 is 2.14 bits per heavy atom. The molecular weight excluding hydrogens is 268 g/mol. The zero-order chi connectivity index (χ0) is 15.1. The van der Waals surface area contributed by atoms with Crippen LogP contribution in [0.1, 0.15) is 30.4 Å². The predicted molar refractivity (Wildman–Crippen MR) is 82.7 cm³/mol. The van der Waals surface area contributed by atoms with E-state index in [0.29, 0.717) is 12.5 Å². The number of nitrogens with one attached hydrogen (secondary N) is 1. The first-order valence-electron chi connectivity index (χ1n) is 7.28. The van der Waals surface area contributed by atoms with Crippen molar-refractivity contribution >= 4 is 0 Å². The minimum atomic E-state index is -2.82. The van der Waals surface area contributed by atoms with Gasteiger partial charge < -0.3 is 5.32 Å². The quantitative estimate of drug-likeness (QED) is 0.737. The maximum absolute atomic E-state index is 13.9.